The molecular formula is C18H24N4O4. The van der Waals surface area contributed by atoms with E-state index in [0.717, 1.165) is 36.8 Å². The van der Waals surface area contributed by atoms with E-state index in [0.29, 0.717) is 30.5 Å². The number of benzene rings is 1. The van der Waals surface area contributed by atoms with Gasteiger partial charge >= 0.3 is 5.97 Å². The van der Waals surface area contributed by atoms with Crippen LogP contribution in [0.3, 0.4) is 0 Å². The van der Waals surface area contributed by atoms with Crippen molar-refractivity contribution in [1.82, 2.24) is 20.4 Å². The molecule has 1 amide bonds. The minimum absolute atomic E-state index is 0.178. The predicted molar refractivity (Wildman–Crippen MR) is 96.4 cm³/mol. The lowest BCUT2D eigenvalue weighted by atomic mass is 9.96. The number of aliphatic carboxylic acids is 1. The zero-order chi connectivity index (χ0) is 18.5. The summed E-state index contributed by atoms with van der Waals surface area (Å²) < 4.78 is 5.21. The second-order valence-corrected chi connectivity index (χ2v) is 6.62. The fraction of sp³-hybridized carbons (Fsp3) is 0.500. The van der Waals surface area contributed by atoms with Crippen LogP contribution in [0.5, 0.6) is 5.75 Å². The molecule has 140 valence electrons. The van der Waals surface area contributed by atoms with Crippen molar-refractivity contribution in [3.63, 3.8) is 0 Å². The molecule has 8 nitrogen and oxygen atoms in total. The van der Waals surface area contributed by atoms with Gasteiger partial charge in [0.25, 0.3) is 5.91 Å². The van der Waals surface area contributed by atoms with Gasteiger partial charge in [-0.15, -0.1) is 0 Å². The number of hydrogen-bond donors (Lipinski definition) is 3. The molecule has 2 aromatic rings. The highest BCUT2D eigenvalue weighted by Gasteiger charge is 2.21. The van der Waals surface area contributed by atoms with Gasteiger partial charge in [-0.3, -0.25) is 14.7 Å². The molecule has 0 bridgehead atoms. The summed E-state index contributed by atoms with van der Waals surface area (Å²) in [6.07, 6.45) is 2.08. The van der Waals surface area contributed by atoms with Crippen molar-refractivity contribution in [2.24, 2.45) is 5.92 Å². The van der Waals surface area contributed by atoms with Crippen LogP contribution in [0.4, 0.5) is 0 Å². The van der Waals surface area contributed by atoms with E-state index >= 15 is 0 Å². The zero-order valence-corrected chi connectivity index (χ0v) is 14.8. The number of hydrogen-bond acceptors (Lipinski definition) is 5. The van der Waals surface area contributed by atoms with Crippen LogP contribution in [0.15, 0.2) is 18.2 Å². The maximum atomic E-state index is 12.5. The number of ether oxygens (including phenoxy) is 1. The van der Waals surface area contributed by atoms with Gasteiger partial charge in [0.1, 0.15) is 5.75 Å². The summed E-state index contributed by atoms with van der Waals surface area (Å²) in [5, 5.41) is 19.5. The highest BCUT2D eigenvalue weighted by atomic mass is 16.5. The minimum Gasteiger partial charge on any atom is -0.497 e. The molecule has 0 aliphatic carbocycles. The van der Waals surface area contributed by atoms with E-state index in [1.165, 1.54) is 0 Å². The number of carbonyl (C=O) groups excluding carboxylic acids is 1. The molecule has 1 fully saturated rings. The predicted octanol–water partition coefficient (Wildman–Crippen LogP) is 1.49. The van der Waals surface area contributed by atoms with Crippen LogP contribution in [-0.2, 0) is 4.79 Å². The SMILES string of the molecule is COc1ccc2[nH]nc(C(=O)NCC3CCN(CCC(=O)O)CC3)c2c1. The molecule has 0 spiro atoms. The lowest BCUT2D eigenvalue weighted by Crippen LogP contribution is -2.39. The molecule has 8 heteroatoms. The number of carbonyl (C=O) groups is 2. The van der Waals surface area contributed by atoms with Crippen molar-refractivity contribution in [1.29, 1.82) is 0 Å². The Balaban J connectivity index is 1.51. The van der Waals surface area contributed by atoms with Gasteiger partial charge in [-0.05, 0) is 50.0 Å². The number of likely N-dealkylation sites (tertiary alicyclic amines) is 1. The van der Waals surface area contributed by atoms with Gasteiger partial charge in [-0.1, -0.05) is 0 Å². The molecule has 26 heavy (non-hydrogen) atoms. The number of aromatic nitrogens is 2. The van der Waals surface area contributed by atoms with Gasteiger partial charge in [0.15, 0.2) is 5.69 Å². The Morgan fingerprint density at radius 3 is 2.85 bits per heavy atom. The molecule has 1 aliphatic rings. The van der Waals surface area contributed by atoms with Gasteiger partial charge < -0.3 is 20.1 Å². The second kappa shape index (κ2) is 8.18. The molecule has 1 aliphatic heterocycles. The lowest BCUT2D eigenvalue weighted by Gasteiger charge is -2.31. The van der Waals surface area contributed by atoms with Crippen LogP contribution in [0.25, 0.3) is 10.9 Å². The monoisotopic (exact) mass is 360 g/mol. The first-order valence-corrected chi connectivity index (χ1v) is 8.81. The Morgan fingerprint density at radius 2 is 2.15 bits per heavy atom. The van der Waals surface area contributed by atoms with E-state index in [1.54, 1.807) is 13.2 Å². The van der Waals surface area contributed by atoms with Gasteiger partial charge in [-0.2, -0.15) is 5.10 Å². The third-order valence-corrected chi connectivity index (χ3v) is 4.89. The molecule has 1 aromatic heterocycles. The summed E-state index contributed by atoms with van der Waals surface area (Å²) in [4.78, 5) is 25.3. The number of carboxylic acid groups (broad SMARTS) is 1. The van der Waals surface area contributed by atoms with Crippen LogP contribution >= 0.6 is 0 Å². The molecule has 1 aromatic carbocycles. The summed E-state index contributed by atoms with van der Waals surface area (Å²) in [5.41, 5.74) is 1.17. The average molecular weight is 360 g/mol. The molecule has 1 saturated heterocycles. The Morgan fingerprint density at radius 1 is 1.38 bits per heavy atom. The van der Waals surface area contributed by atoms with Crippen LogP contribution < -0.4 is 10.1 Å². The third-order valence-electron chi connectivity index (χ3n) is 4.89. The first kappa shape index (κ1) is 18.2. The van der Waals surface area contributed by atoms with Crippen LogP contribution in [0.2, 0.25) is 0 Å². The summed E-state index contributed by atoms with van der Waals surface area (Å²) in [6.45, 7) is 2.94. The normalized spacial score (nSPS) is 15.9. The number of H-pyrrole nitrogens is 1. The summed E-state index contributed by atoms with van der Waals surface area (Å²) >= 11 is 0. The largest absolute Gasteiger partial charge is 0.497 e. The number of carboxylic acids is 1. The van der Waals surface area contributed by atoms with Crippen LogP contribution in [0.1, 0.15) is 29.8 Å². The highest BCUT2D eigenvalue weighted by molar-refractivity contribution is 6.05. The maximum Gasteiger partial charge on any atom is 0.304 e. The van der Waals surface area contributed by atoms with Gasteiger partial charge in [0, 0.05) is 18.5 Å². The number of amides is 1. The van der Waals surface area contributed by atoms with E-state index in [2.05, 4.69) is 20.4 Å². The lowest BCUT2D eigenvalue weighted by molar-refractivity contribution is -0.137. The first-order valence-electron chi connectivity index (χ1n) is 8.81. The van der Waals surface area contributed by atoms with E-state index in [-0.39, 0.29) is 12.3 Å². The van der Waals surface area contributed by atoms with E-state index in [4.69, 9.17) is 9.84 Å². The van der Waals surface area contributed by atoms with Crippen molar-refractivity contribution in [3.8, 4) is 5.75 Å². The number of nitrogens with one attached hydrogen (secondary N) is 2. The van der Waals surface area contributed by atoms with E-state index in [9.17, 15) is 9.59 Å². The number of rotatable bonds is 7. The van der Waals surface area contributed by atoms with Gasteiger partial charge in [0.2, 0.25) is 0 Å². The van der Waals surface area contributed by atoms with Gasteiger partial charge in [-0.25, -0.2) is 0 Å². The molecule has 3 N–H and O–H groups in total. The molecule has 3 rings (SSSR count). The van der Waals surface area contributed by atoms with E-state index in [1.807, 2.05) is 12.1 Å². The Labute approximate surface area is 151 Å². The summed E-state index contributed by atoms with van der Waals surface area (Å²) in [7, 11) is 1.59. The number of piperidine rings is 1. The molecule has 2 heterocycles. The molecule has 0 radical (unpaired) electrons. The summed E-state index contributed by atoms with van der Waals surface area (Å²) in [6, 6.07) is 5.46. The van der Waals surface area contributed by atoms with Crippen LogP contribution in [0, 0.1) is 5.92 Å². The minimum atomic E-state index is -0.762. The highest BCUT2D eigenvalue weighted by Crippen LogP contribution is 2.22. The first-order chi connectivity index (χ1) is 12.6. The molecule has 0 atom stereocenters. The fourth-order valence-electron chi connectivity index (χ4n) is 3.28. The quantitative estimate of drug-likeness (QED) is 0.690. The van der Waals surface area contributed by atoms with E-state index < -0.39 is 5.97 Å². The number of methoxy groups -OCH3 is 1. The van der Waals surface area contributed by atoms with Crippen molar-refractivity contribution < 1.29 is 19.4 Å². The fourth-order valence-corrected chi connectivity index (χ4v) is 3.28. The van der Waals surface area contributed by atoms with Crippen molar-refractivity contribution in [2.75, 3.05) is 33.3 Å². The standard InChI is InChI=1S/C18H24N4O4/c1-26-13-2-3-15-14(10-13)17(21-20-15)18(25)19-11-12-4-7-22(8-5-12)9-6-16(23)24/h2-3,10,12H,4-9,11H2,1H3,(H,19,25)(H,20,21)(H,23,24). The average Bonchev–Trinajstić information content (AvgIpc) is 3.08. The van der Waals surface area contributed by atoms with Crippen molar-refractivity contribution in [2.45, 2.75) is 19.3 Å². The number of aromatic amines is 1. The second-order valence-electron chi connectivity index (χ2n) is 6.62. The van der Waals surface area contributed by atoms with Crippen LogP contribution in [-0.4, -0.2) is 65.4 Å². The molecular weight excluding hydrogens is 336 g/mol. The number of fused-ring (bicyclic) bond motifs is 1. The number of nitrogens with zero attached hydrogens (tertiary/aromatic N) is 2. The Bertz CT molecular complexity index is 781. The van der Waals surface area contributed by atoms with Crippen molar-refractivity contribution in [3.05, 3.63) is 23.9 Å². The van der Waals surface area contributed by atoms with Gasteiger partial charge in [0.05, 0.1) is 19.0 Å². The van der Waals surface area contributed by atoms with Crippen molar-refractivity contribution >= 4 is 22.8 Å². The zero-order valence-electron chi connectivity index (χ0n) is 14.8. The Kier molecular flexibility index (Phi) is 5.72. The third kappa shape index (κ3) is 4.32. The molecule has 0 unspecified atom stereocenters. The Hall–Kier alpha value is -2.61. The molecule has 0 saturated carbocycles. The topological polar surface area (TPSA) is 108 Å². The maximum absolute atomic E-state index is 12.5. The summed E-state index contributed by atoms with van der Waals surface area (Å²) in [5.74, 6) is 0.126. The smallest absolute Gasteiger partial charge is 0.304 e.